The van der Waals surface area contributed by atoms with Gasteiger partial charge in [-0.25, -0.2) is 0 Å². The van der Waals surface area contributed by atoms with Gasteiger partial charge < -0.3 is 20.1 Å². The lowest BCUT2D eigenvalue weighted by atomic mass is 9.90. The van der Waals surface area contributed by atoms with Gasteiger partial charge in [0.05, 0.1) is 13.2 Å². The summed E-state index contributed by atoms with van der Waals surface area (Å²) in [5, 5.41) is 13.8. The highest BCUT2D eigenvalue weighted by Gasteiger charge is 2.24. The minimum atomic E-state index is -0.446. The maximum Gasteiger partial charge on any atom is 0.119 e. The summed E-state index contributed by atoms with van der Waals surface area (Å²) >= 11 is 0. The number of methoxy groups -OCH3 is 1. The second-order valence-electron chi connectivity index (χ2n) is 6.01. The highest BCUT2D eigenvalue weighted by atomic mass is 16.5. The third-order valence-electron chi connectivity index (χ3n) is 4.70. The molecule has 2 rings (SSSR count). The number of piperidine rings is 1. The van der Waals surface area contributed by atoms with E-state index >= 15 is 0 Å². The Kier molecular flexibility index (Phi) is 6.03. The second-order valence-corrected chi connectivity index (χ2v) is 6.01. The number of aliphatic hydroxyl groups is 1. The lowest BCUT2D eigenvalue weighted by Crippen LogP contribution is -2.42. The van der Waals surface area contributed by atoms with E-state index in [2.05, 4.69) is 17.1 Å². The largest absolute Gasteiger partial charge is 0.497 e. The maximum absolute atomic E-state index is 10.4. The van der Waals surface area contributed by atoms with Gasteiger partial charge in [0.15, 0.2) is 0 Å². The molecule has 0 spiro atoms. The van der Waals surface area contributed by atoms with Crippen molar-refractivity contribution in [1.29, 1.82) is 0 Å². The Hall–Kier alpha value is -1.10. The predicted molar refractivity (Wildman–Crippen MR) is 85.6 cm³/mol. The van der Waals surface area contributed by atoms with Gasteiger partial charge in [-0.15, -0.1) is 0 Å². The molecule has 1 saturated heterocycles. The summed E-state index contributed by atoms with van der Waals surface area (Å²) in [6.07, 6.45) is 1.96. The molecule has 2 N–H and O–H groups in total. The van der Waals surface area contributed by atoms with Crippen molar-refractivity contribution < 1.29 is 9.84 Å². The first kappa shape index (κ1) is 16.3. The SMILES string of the molecule is CNC(C)C1CCN(CC(O)c2cccc(OC)c2)CC1. The van der Waals surface area contributed by atoms with E-state index in [4.69, 9.17) is 4.74 Å². The van der Waals surface area contributed by atoms with Crippen molar-refractivity contribution in [3.05, 3.63) is 29.8 Å². The van der Waals surface area contributed by atoms with Gasteiger partial charge in [0, 0.05) is 12.6 Å². The first-order chi connectivity index (χ1) is 10.1. The van der Waals surface area contributed by atoms with Crippen molar-refractivity contribution in [3.63, 3.8) is 0 Å². The Balaban J connectivity index is 1.85. The van der Waals surface area contributed by atoms with Crippen molar-refractivity contribution >= 4 is 0 Å². The van der Waals surface area contributed by atoms with Crippen LogP contribution in [0.4, 0.5) is 0 Å². The summed E-state index contributed by atoms with van der Waals surface area (Å²) in [6.45, 7) is 5.09. The number of likely N-dealkylation sites (tertiary alicyclic amines) is 1. The molecule has 4 heteroatoms. The molecule has 0 amide bonds. The van der Waals surface area contributed by atoms with Crippen molar-refractivity contribution in [2.45, 2.75) is 31.9 Å². The van der Waals surface area contributed by atoms with Crippen LogP contribution in [0, 0.1) is 5.92 Å². The molecule has 2 atom stereocenters. The fraction of sp³-hybridized carbons (Fsp3) is 0.647. The molecule has 0 radical (unpaired) electrons. The van der Waals surface area contributed by atoms with Crippen LogP contribution in [0.25, 0.3) is 0 Å². The van der Waals surface area contributed by atoms with Gasteiger partial charge in [-0.05, 0) is 63.5 Å². The van der Waals surface area contributed by atoms with Crippen LogP contribution in [0.5, 0.6) is 5.75 Å². The Labute approximate surface area is 128 Å². The van der Waals surface area contributed by atoms with E-state index in [0.717, 1.165) is 30.3 Å². The van der Waals surface area contributed by atoms with Gasteiger partial charge in [-0.1, -0.05) is 12.1 Å². The number of hydrogen-bond donors (Lipinski definition) is 2. The molecule has 4 nitrogen and oxygen atoms in total. The first-order valence-electron chi connectivity index (χ1n) is 7.85. The lowest BCUT2D eigenvalue weighted by molar-refractivity contribution is 0.0842. The zero-order valence-corrected chi connectivity index (χ0v) is 13.4. The highest BCUT2D eigenvalue weighted by Crippen LogP contribution is 2.24. The number of nitrogens with zero attached hydrogens (tertiary/aromatic N) is 1. The minimum absolute atomic E-state index is 0.446. The molecule has 0 aliphatic carbocycles. The molecule has 1 aromatic rings. The first-order valence-corrected chi connectivity index (χ1v) is 7.85. The molecule has 21 heavy (non-hydrogen) atoms. The lowest BCUT2D eigenvalue weighted by Gasteiger charge is -2.35. The van der Waals surface area contributed by atoms with Crippen LogP contribution in [-0.4, -0.2) is 49.8 Å². The predicted octanol–water partition coefficient (Wildman–Crippen LogP) is 2.05. The molecule has 1 aliphatic heterocycles. The van der Waals surface area contributed by atoms with Crippen molar-refractivity contribution in [2.24, 2.45) is 5.92 Å². The van der Waals surface area contributed by atoms with E-state index in [1.807, 2.05) is 31.3 Å². The summed E-state index contributed by atoms with van der Waals surface area (Å²) in [5.41, 5.74) is 0.931. The third-order valence-corrected chi connectivity index (χ3v) is 4.70. The van der Waals surface area contributed by atoms with Gasteiger partial charge in [0.2, 0.25) is 0 Å². The summed E-state index contributed by atoms with van der Waals surface area (Å²) in [4.78, 5) is 2.36. The minimum Gasteiger partial charge on any atom is -0.497 e. The Bertz CT molecular complexity index is 431. The normalized spacial score (nSPS) is 20.2. The molecular weight excluding hydrogens is 264 g/mol. The van der Waals surface area contributed by atoms with Gasteiger partial charge in [0.25, 0.3) is 0 Å². The Morgan fingerprint density at radius 1 is 1.38 bits per heavy atom. The number of benzene rings is 1. The van der Waals surface area contributed by atoms with Crippen LogP contribution in [0.15, 0.2) is 24.3 Å². The number of β-amino-alcohol motifs (C(OH)–C–C–N with tert-alkyl or cyclic N) is 1. The van der Waals surface area contributed by atoms with Crippen LogP contribution < -0.4 is 10.1 Å². The zero-order valence-electron chi connectivity index (χ0n) is 13.4. The zero-order chi connectivity index (χ0) is 15.2. The fourth-order valence-electron chi connectivity index (χ4n) is 3.07. The highest BCUT2D eigenvalue weighted by molar-refractivity contribution is 5.29. The van der Waals surface area contributed by atoms with Crippen LogP contribution in [-0.2, 0) is 0 Å². The number of hydrogen-bond acceptors (Lipinski definition) is 4. The quantitative estimate of drug-likeness (QED) is 0.842. The summed E-state index contributed by atoms with van der Waals surface area (Å²) in [6, 6.07) is 8.29. The molecule has 1 aromatic carbocycles. The van der Waals surface area contributed by atoms with Crippen LogP contribution >= 0.6 is 0 Å². The molecule has 1 heterocycles. The topological polar surface area (TPSA) is 44.7 Å². The van der Waals surface area contributed by atoms with Crippen molar-refractivity contribution in [3.8, 4) is 5.75 Å². The fourth-order valence-corrected chi connectivity index (χ4v) is 3.07. The summed E-state index contributed by atoms with van der Waals surface area (Å²) in [5.74, 6) is 1.55. The van der Waals surface area contributed by atoms with Gasteiger partial charge >= 0.3 is 0 Å². The number of ether oxygens (including phenoxy) is 1. The number of rotatable bonds is 6. The van der Waals surface area contributed by atoms with E-state index < -0.39 is 6.10 Å². The van der Waals surface area contributed by atoms with Crippen LogP contribution in [0.1, 0.15) is 31.4 Å². The Morgan fingerprint density at radius 3 is 2.71 bits per heavy atom. The molecule has 1 aliphatic rings. The molecule has 0 bridgehead atoms. The molecule has 2 unspecified atom stereocenters. The van der Waals surface area contributed by atoms with Crippen molar-refractivity contribution in [2.75, 3.05) is 33.8 Å². The van der Waals surface area contributed by atoms with E-state index in [9.17, 15) is 5.11 Å². The van der Waals surface area contributed by atoms with Crippen LogP contribution in [0.3, 0.4) is 0 Å². The second kappa shape index (κ2) is 7.78. The number of aliphatic hydroxyl groups excluding tert-OH is 1. The average molecular weight is 292 g/mol. The summed E-state index contributed by atoms with van der Waals surface area (Å²) in [7, 11) is 3.68. The van der Waals surface area contributed by atoms with Gasteiger partial charge in [-0.3, -0.25) is 0 Å². The molecule has 0 aromatic heterocycles. The van der Waals surface area contributed by atoms with Crippen LogP contribution in [0.2, 0.25) is 0 Å². The molecule has 1 fully saturated rings. The average Bonchev–Trinajstić information content (AvgIpc) is 2.54. The standard InChI is InChI=1S/C17H28N2O2/c1-13(18-2)14-7-9-19(10-8-14)12-17(20)15-5-4-6-16(11-15)21-3/h4-6,11,13-14,17-18,20H,7-10,12H2,1-3H3. The third kappa shape index (κ3) is 4.43. The van der Waals surface area contributed by atoms with Gasteiger partial charge in [-0.2, -0.15) is 0 Å². The van der Waals surface area contributed by atoms with E-state index in [-0.39, 0.29) is 0 Å². The summed E-state index contributed by atoms with van der Waals surface area (Å²) < 4.78 is 5.22. The smallest absolute Gasteiger partial charge is 0.119 e. The van der Waals surface area contributed by atoms with E-state index in [1.54, 1.807) is 7.11 Å². The number of nitrogens with one attached hydrogen (secondary N) is 1. The maximum atomic E-state index is 10.4. The molecule has 0 saturated carbocycles. The van der Waals surface area contributed by atoms with E-state index in [1.165, 1.54) is 12.8 Å². The Morgan fingerprint density at radius 2 is 2.10 bits per heavy atom. The van der Waals surface area contributed by atoms with E-state index in [0.29, 0.717) is 12.6 Å². The monoisotopic (exact) mass is 292 g/mol. The molecular formula is C17H28N2O2. The molecule has 118 valence electrons. The van der Waals surface area contributed by atoms with Crippen molar-refractivity contribution in [1.82, 2.24) is 10.2 Å². The van der Waals surface area contributed by atoms with Gasteiger partial charge in [0.1, 0.15) is 5.75 Å².